The molecule has 0 fully saturated rings. The summed E-state index contributed by atoms with van der Waals surface area (Å²) in [5.74, 6) is -0.0771. The summed E-state index contributed by atoms with van der Waals surface area (Å²) < 4.78 is 10.3. The lowest BCUT2D eigenvalue weighted by molar-refractivity contribution is 0.0691. The molecule has 0 spiro atoms. The molecule has 0 bridgehead atoms. The van der Waals surface area contributed by atoms with Crippen LogP contribution in [0, 0.1) is 0 Å². The number of hydrogen-bond donors (Lipinski definition) is 2. The maximum atomic E-state index is 10.8. The average molecular weight is 315 g/mol. The second-order valence-corrected chi connectivity index (χ2v) is 4.92. The summed E-state index contributed by atoms with van der Waals surface area (Å²) in [5.41, 5.74) is 0.556. The molecule has 1 heterocycles. The number of benzene rings is 1. The summed E-state index contributed by atoms with van der Waals surface area (Å²) in [6.07, 6.45) is 0. The monoisotopic (exact) mass is 314 g/mol. The highest BCUT2D eigenvalue weighted by Crippen LogP contribution is 2.37. The zero-order valence-corrected chi connectivity index (χ0v) is 12.2. The number of nitrogens with zero attached hydrogens (tertiary/aromatic N) is 1. The third kappa shape index (κ3) is 2.94. The topological polar surface area (TPSA) is 80.7 Å². The number of rotatable bonds is 5. The number of ether oxygens (including phenoxy) is 2. The van der Waals surface area contributed by atoms with Crippen LogP contribution in [0.5, 0.6) is 11.5 Å². The van der Waals surface area contributed by atoms with Crippen molar-refractivity contribution in [3.63, 3.8) is 0 Å². The average Bonchev–Trinajstić information content (AvgIpc) is 2.88. The normalized spacial score (nSPS) is 10.2. The Labute approximate surface area is 123 Å². The number of carbonyl (C=O) groups is 1. The molecule has 106 valence electrons. The molecule has 8 heteroatoms. The van der Waals surface area contributed by atoms with E-state index >= 15 is 0 Å². The smallest absolute Gasteiger partial charge is 0.355 e. The number of carboxylic acid groups (broad SMARTS) is 1. The lowest BCUT2D eigenvalue weighted by Crippen LogP contribution is -1.98. The molecule has 0 atom stereocenters. The Balaban J connectivity index is 2.32. The van der Waals surface area contributed by atoms with Gasteiger partial charge in [0.15, 0.2) is 10.8 Å². The van der Waals surface area contributed by atoms with E-state index in [1.165, 1.54) is 30.9 Å². The Kier molecular flexibility index (Phi) is 4.31. The maximum absolute atomic E-state index is 10.8. The summed E-state index contributed by atoms with van der Waals surface area (Å²) in [7, 11) is 3.02. The highest BCUT2D eigenvalue weighted by molar-refractivity contribution is 7.14. The fourth-order valence-electron chi connectivity index (χ4n) is 1.50. The fourth-order valence-corrected chi connectivity index (χ4v) is 2.44. The number of halogens is 1. The fraction of sp³-hybridized carbons (Fsp3) is 0.167. The van der Waals surface area contributed by atoms with Gasteiger partial charge in [-0.1, -0.05) is 11.6 Å². The lowest BCUT2D eigenvalue weighted by Gasteiger charge is -2.12. The number of aromatic carboxylic acids is 1. The van der Waals surface area contributed by atoms with Gasteiger partial charge in [0, 0.05) is 11.4 Å². The summed E-state index contributed by atoms with van der Waals surface area (Å²) in [6, 6.07) is 3.26. The van der Waals surface area contributed by atoms with Crippen molar-refractivity contribution < 1.29 is 19.4 Å². The Hall–Kier alpha value is -1.99. The molecule has 0 aliphatic carbocycles. The van der Waals surface area contributed by atoms with E-state index in [1.54, 1.807) is 12.1 Å². The van der Waals surface area contributed by atoms with Gasteiger partial charge in [-0.2, -0.15) is 0 Å². The van der Waals surface area contributed by atoms with E-state index in [4.69, 9.17) is 26.2 Å². The number of methoxy groups -OCH3 is 2. The Morgan fingerprint density at radius 3 is 2.60 bits per heavy atom. The van der Waals surface area contributed by atoms with Crippen LogP contribution in [0.25, 0.3) is 0 Å². The number of anilines is 2. The predicted molar refractivity (Wildman–Crippen MR) is 76.9 cm³/mol. The Morgan fingerprint density at radius 2 is 2.05 bits per heavy atom. The minimum atomic E-state index is -1.07. The standard InChI is InChI=1S/C12H11ClN2O4S/c1-18-9-4-10(19-2)7(3-6(9)13)14-12-15-8(5-20-12)11(16)17/h3-5H,1-2H3,(H,14,15)(H,16,17). The molecule has 0 saturated heterocycles. The van der Waals surface area contributed by atoms with Crippen LogP contribution >= 0.6 is 22.9 Å². The van der Waals surface area contributed by atoms with Gasteiger partial charge in [0.2, 0.25) is 0 Å². The summed E-state index contributed by atoms with van der Waals surface area (Å²) in [6.45, 7) is 0. The molecular formula is C12H11ClN2O4S. The van der Waals surface area contributed by atoms with Crippen molar-refractivity contribution in [3.05, 3.63) is 28.2 Å². The van der Waals surface area contributed by atoms with E-state index in [9.17, 15) is 4.79 Å². The number of hydrogen-bond acceptors (Lipinski definition) is 6. The molecule has 1 aromatic carbocycles. The summed E-state index contributed by atoms with van der Waals surface area (Å²) in [5, 5.41) is 14.1. The number of nitrogens with one attached hydrogen (secondary N) is 1. The minimum Gasteiger partial charge on any atom is -0.495 e. The quantitative estimate of drug-likeness (QED) is 0.881. The molecule has 0 radical (unpaired) electrons. The molecule has 2 rings (SSSR count). The first-order valence-electron chi connectivity index (χ1n) is 5.42. The van der Waals surface area contributed by atoms with Gasteiger partial charge >= 0.3 is 5.97 Å². The van der Waals surface area contributed by atoms with Crippen molar-refractivity contribution in [1.82, 2.24) is 4.98 Å². The van der Waals surface area contributed by atoms with Gasteiger partial charge in [0.1, 0.15) is 11.5 Å². The van der Waals surface area contributed by atoms with Crippen molar-refractivity contribution in [3.8, 4) is 11.5 Å². The minimum absolute atomic E-state index is 0.0175. The molecule has 0 aliphatic heterocycles. The van der Waals surface area contributed by atoms with Crippen molar-refractivity contribution in [2.75, 3.05) is 19.5 Å². The molecule has 20 heavy (non-hydrogen) atoms. The van der Waals surface area contributed by atoms with Gasteiger partial charge < -0.3 is 19.9 Å². The molecule has 1 aromatic heterocycles. The Morgan fingerprint density at radius 1 is 1.35 bits per heavy atom. The molecule has 6 nitrogen and oxygen atoms in total. The van der Waals surface area contributed by atoms with Gasteiger partial charge in [0.05, 0.1) is 24.9 Å². The third-order valence-corrected chi connectivity index (χ3v) is 3.49. The van der Waals surface area contributed by atoms with E-state index in [0.29, 0.717) is 27.3 Å². The molecule has 0 unspecified atom stereocenters. The highest BCUT2D eigenvalue weighted by atomic mass is 35.5. The first kappa shape index (κ1) is 14.4. The SMILES string of the molecule is COc1cc(OC)c(Nc2nc(C(=O)O)cs2)cc1Cl. The van der Waals surface area contributed by atoms with E-state index < -0.39 is 5.97 Å². The lowest BCUT2D eigenvalue weighted by atomic mass is 10.2. The van der Waals surface area contributed by atoms with Gasteiger partial charge in [0.25, 0.3) is 0 Å². The number of thiazole rings is 1. The van der Waals surface area contributed by atoms with E-state index in [0.717, 1.165) is 0 Å². The van der Waals surface area contributed by atoms with Crippen LogP contribution in [0.1, 0.15) is 10.5 Å². The van der Waals surface area contributed by atoms with Gasteiger partial charge in [-0.05, 0) is 6.07 Å². The van der Waals surface area contributed by atoms with Crippen LogP contribution < -0.4 is 14.8 Å². The van der Waals surface area contributed by atoms with Crippen LogP contribution in [0.4, 0.5) is 10.8 Å². The predicted octanol–water partition coefficient (Wildman–Crippen LogP) is 3.26. The second kappa shape index (κ2) is 5.98. The zero-order chi connectivity index (χ0) is 14.7. The van der Waals surface area contributed by atoms with E-state index in [2.05, 4.69) is 10.3 Å². The van der Waals surface area contributed by atoms with Gasteiger partial charge in [-0.3, -0.25) is 0 Å². The maximum Gasteiger partial charge on any atom is 0.355 e. The molecule has 0 saturated carbocycles. The molecule has 2 N–H and O–H groups in total. The number of aromatic nitrogens is 1. The van der Waals surface area contributed by atoms with Crippen LogP contribution in [0.15, 0.2) is 17.5 Å². The van der Waals surface area contributed by atoms with E-state index in [1.807, 2.05) is 0 Å². The van der Waals surface area contributed by atoms with Crippen molar-refractivity contribution in [1.29, 1.82) is 0 Å². The van der Waals surface area contributed by atoms with Crippen molar-refractivity contribution >= 4 is 39.7 Å². The first-order chi connectivity index (χ1) is 9.55. The third-order valence-electron chi connectivity index (χ3n) is 2.44. The largest absolute Gasteiger partial charge is 0.495 e. The van der Waals surface area contributed by atoms with Crippen molar-refractivity contribution in [2.24, 2.45) is 0 Å². The number of carboxylic acids is 1. The second-order valence-electron chi connectivity index (χ2n) is 3.66. The zero-order valence-electron chi connectivity index (χ0n) is 10.6. The molecule has 2 aromatic rings. The van der Waals surface area contributed by atoms with Crippen LogP contribution in [-0.4, -0.2) is 30.3 Å². The van der Waals surface area contributed by atoms with Crippen LogP contribution in [-0.2, 0) is 0 Å². The summed E-state index contributed by atoms with van der Waals surface area (Å²) in [4.78, 5) is 14.7. The first-order valence-corrected chi connectivity index (χ1v) is 6.68. The van der Waals surface area contributed by atoms with Crippen molar-refractivity contribution in [2.45, 2.75) is 0 Å². The molecule has 0 amide bonds. The van der Waals surface area contributed by atoms with E-state index in [-0.39, 0.29) is 5.69 Å². The van der Waals surface area contributed by atoms with Gasteiger partial charge in [-0.25, -0.2) is 9.78 Å². The molecule has 0 aliphatic rings. The highest BCUT2D eigenvalue weighted by Gasteiger charge is 2.13. The van der Waals surface area contributed by atoms with Gasteiger partial charge in [-0.15, -0.1) is 11.3 Å². The van der Waals surface area contributed by atoms with Crippen LogP contribution in [0.2, 0.25) is 5.02 Å². The summed E-state index contributed by atoms with van der Waals surface area (Å²) >= 11 is 7.22. The van der Waals surface area contributed by atoms with Crippen LogP contribution in [0.3, 0.4) is 0 Å². The molecular weight excluding hydrogens is 304 g/mol. The Bertz CT molecular complexity index is 644.